The summed E-state index contributed by atoms with van der Waals surface area (Å²) in [6.45, 7) is 7.88. The standard InChI is InChI=1S/C25H33N3O5S/c1-25(2,3)22-13-17(8-9-28(22)24(29)30)23-26-20(15-34-23)19-14-21(33-27-19)16-6-5-7-18(12-16)32-11-10-31-4/h5-7,12,15,17,21-22H,8-11,13-14H2,1-4H3,(H,29,30). The smallest absolute Gasteiger partial charge is 0.407 e. The zero-order valence-corrected chi connectivity index (χ0v) is 21.0. The van der Waals surface area contributed by atoms with Gasteiger partial charge in [-0.2, -0.15) is 0 Å². The third-order valence-electron chi connectivity index (χ3n) is 6.47. The molecule has 0 aliphatic carbocycles. The number of thiazole rings is 1. The Morgan fingerprint density at radius 1 is 1.32 bits per heavy atom. The summed E-state index contributed by atoms with van der Waals surface area (Å²) in [6.07, 6.45) is 1.20. The van der Waals surface area contributed by atoms with Crippen LogP contribution in [0.25, 0.3) is 0 Å². The summed E-state index contributed by atoms with van der Waals surface area (Å²) in [4.78, 5) is 24.0. The van der Waals surface area contributed by atoms with Gasteiger partial charge in [-0.05, 0) is 36.0 Å². The average molecular weight is 488 g/mol. The van der Waals surface area contributed by atoms with Crippen molar-refractivity contribution in [3.8, 4) is 5.75 Å². The molecule has 184 valence electrons. The van der Waals surface area contributed by atoms with E-state index in [9.17, 15) is 9.90 Å². The SMILES string of the molecule is COCCOc1cccc(C2CC(c3csc(C4CCN(C(=O)O)C(C(C)(C)C)C4)n3)=NO2)c1. The molecule has 0 saturated carbocycles. The zero-order chi connectivity index (χ0) is 24.3. The molecule has 1 amide bonds. The Hall–Kier alpha value is -2.65. The third-order valence-corrected chi connectivity index (χ3v) is 7.48. The van der Waals surface area contributed by atoms with Gasteiger partial charge in [-0.3, -0.25) is 0 Å². The molecule has 3 atom stereocenters. The molecule has 1 fully saturated rings. The van der Waals surface area contributed by atoms with Gasteiger partial charge >= 0.3 is 6.09 Å². The lowest BCUT2D eigenvalue weighted by Crippen LogP contribution is -2.51. The van der Waals surface area contributed by atoms with Crippen molar-refractivity contribution in [2.75, 3.05) is 26.9 Å². The van der Waals surface area contributed by atoms with E-state index in [0.717, 1.165) is 40.6 Å². The second kappa shape index (κ2) is 10.3. The van der Waals surface area contributed by atoms with Crippen molar-refractivity contribution in [3.63, 3.8) is 0 Å². The summed E-state index contributed by atoms with van der Waals surface area (Å²) in [6, 6.07) is 7.83. The molecule has 1 aromatic carbocycles. The maximum Gasteiger partial charge on any atom is 0.407 e. The molecule has 0 bridgehead atoms. The number of hydrogen-bond donors (Lipinski definition) is 1. The van der Waals surface area contributed by atoms with E-state index in [0.29, 0.717) is 26.2 Å². The number of piperidine rings is 1. The fourth-order valence-electron chi connectivity index (χ4n) is 4.60. The van der Waals surface area contributed by atoms with Crippen molar-refractivity contribution in [3.05, 3.63) is 45.9 Å². The maximum atomic E-state index is 11.7. The van der Waals surface area contributed by atoms with E-state index >= 15 is 0 Å². The van der Waals surface area contributed by atoms with Crippen LogP contribution in [0, 0.1) is 5.41 Å². The molecule has 2 aliphatic rings. The van der Waals surface area contributed by atoms with Gasteiger partial charge in [-0.25, -0.2) is 9.78 Å². The van der Waals surface area contributed by atoms with Crippen LogP contribution in [0.5, 0.6) is 5.75 Å². The van der Waals surface area contributed by atoms with E-state index in [-0.39, 0.29) is 23.5 Å². The Labute approximate surface area is 204 Å². The van der Waals surface area contributed by atoms with Gasteiger partial charge < -0.3 is 24.3 Å². The molecular weight excluding hydrogens is 454 g/mol. The third kappa shape index (κ3) is 5.52. The van der Waals surface area contributed by atoms with Crippen molar-refractivity contribution in [1.82, 2.24) is 9.88 Å². The van der Waals surface area contributed by atoms with Gasteiger partial charge in [0, 0.05) is 37.4 Å². The highest BCUT2D eigenvalue weighted by Crippen LogP contribution is 2.40. The number of methoxy groups -OCH3 is 1. The van der Waals surface area contributed by atoms with Crippen molar-refractivity contribution >= 4 is 23.1 Å². The molecule has 1 saturated heterocycles. The number of oxime groups is 1. The molecule has 1 aromatic heterocycles. The number of hydrogen-bond acceptors (Lipinski definition) is 7. The second-order valence-electron chi connectivity index (χ2n) is 9.90. The van der Waals surface area contributed by atoms with Gasteiger partial charge in [-0.1, -0.05) is 38.1 Å². The Bertz CT molecular complexity index is 1030. The highest BCUT2D eigenvalue weighted by Gasteiger charge is 2.40. The van der Waals surface area contributed by atoms with E-state index in [1.165, 1.54) is 0 Å². The number of likely N-dealkylation sites (tertiary alicyclic amines) is 1. The molecular formula is C25H33N3O5S. The highest BCUT2D eigenvalue weighted by molar-refractivity contribution is 7.10. The number of aromatic nitrogens is 1. The summed E-state index contributed by atoms with van der Waals surface area (Å²) in [5.74, 6) is 1.03. The number of benzene rings is 1. The molecule has 9 heteroatoms. The Morgan fingerprint density at radius 2 is 2.15 bits per heavy atom. The minimum atomic E-state index is -0.838. The van der Waals surface area contributed by atoms with Crippen molar-refractivity contribution in [2.45, 2.75) is 58.1 Å². The van der Waals surface area contributed by atoms with Crippen LogP contribution in [0.1, 0.15) is 68.3 Å². The first-order valence-electron chi connectivity index (χ1n) is 11.7. The van der Waals surface area contributed by atoms with Gasteiger partial charge in [0.05, 0.1) is 17.3 Å². The fourth-order valence-corrected chi connectivity index (χ4v) is 5.58. The largest absolute Gasteiger partial charge is 0.491 e. The topological polar surface area (TPSA) is 93.5 Å². The highest BCUT2D eigenvalue weighted by atomic mass is 32.1. The first-order valence-corrected chi connectivity index (χ1v) is 12.5. The van der Waals surface area contributed by atoms with E-state index in [4.69, 9.17) is 19.3 Å². The molecule has 2 aliphatic heterocycles. The zero-order valence-electron chi connectivity index (χ0n) is 20.2. The van der Waals surface area contributed by atoms with E-state index in [2.05, 4.69) is 25.9 Å². The molecule has 3 unspecified atom stereocenters. The molecule has 3 heterocycles. The lowest BCUT2D eigenvalue weighted by Gasteiger charge is -2.44. The molecule has 1 N–H and O–H groups in total. The van der Waals surface area contributed by atoms with Crippen LogP contribution < -0.4 is 4.74 Å². The second-order valence-corrected chi connectivity index (χ2v) is 10.8. The van der Waals surface area contributed by atoms with Gasteiger partial charge in [0.15, 0.2) is 6.10 Å². The number of rotatable bonds is 7. The molecule has 8 nitrogen and oxygen atoms in total. The fraction of sp³-hybridized carbons (Fsp3) is 0.560. The Kier molecular flexibility index (Phi) is 7.42. The maximum absolute atomic E-state index is 11.7. The summed E-state index contributed by atoms with van der Waals surface area (Å²) in [7, 11) is 1.65. The van der Waals surface area contributed by atoms with E-state index in [1.54, 1.807) is 23.3 Å². The van der Waals surface area contributed by atoms with Gasteiger partial charge in [0.1, 0.15) is 18.1 Å². The van der Waals surface area contributed by atoms with Crippen LogP contribution in [-0.2, 0) is 9.57 Å². The van der Waals surface area contributed by atoms with E-state index < -0.39 is 6.09 Å². The average Bonchev–Trinajstić information content (AvgIpc) is 3.48. The van der Waals surface area contributed by atoms with Crippen molar-refractivity contribution in [1.29, 1.82) is 0 Å². The normalized spacial score (nSPS) is 22.9. The van der Waals surface area contributed by atoms with Crippen LogP contribution >= 0.6 is 11.3 Å². The summed E-state index contributed by atoms with van der Waals surface area (Å²) in [5, 5.41) is 17.1. The predicted molar refractivity (Wildman–Crippen MR) is 131 cm³/mol. The van der Waals surface area contributed by atoms with Crippen LogP contribution in [0.3, 0.4) is 0 Å². The monoisotopic (exact) mass is 487 g/mol. The van der Waals surface area contributed by atoms with Gasteiger partial charge in [0.2, 0.25) is 0 Å². The Morgan fingerprint density at radius 3 is 2.88 bits per heavy atom. The molecule has 0 radical (unpaired) electrons. The lowest BCUT2D eigenvalue weighted by atomic mass is 9.77. The van der Waals surface area contributed by atoms with Gasteiger partial charge in [0.25, 0.3) is 0 Å². The molecule has 34 heavy (non-hydrogen) atoms. The minimum Gasteiger partial charge on any atom is -0.491 e. The predicted octanol–water partition coefficient (Wildman–Crippen LogP) is 5.31. The Balaban J connectivity index is 1.41. The molecule has 0 spiro atoms. The first kappa shape index (κ1) is 24.5. The first-order chi connectivity index (χ1) is 16.3. The van der Waals surface area contributed by atoms with Crippen molar-refractivity contribution < 1.29 is 24.2 Å². The number of nitrogens with zero attached hydrogens (tertiary/aromatic N) is 3. The van der Waals surface area contributed by atoms with E-state index in [1.807, 2.05) is 29.6 Å². The number of carbonyl (C=O) groups is 1. The molecule has 4 rings (SSSR count). The van der Waals surface area contributed by atoms with Crippen LogP contribution in [0.4, 0.5) is 4.79 Å². The quantitative estimate of drug-likeness (QED) is 0.532. The summed E-state index contributed by atoms with van der Waals surface area (Å²) in [5.41, 5.74) is 2.57. The molecule has 2 aromatic rings. The summed E-state index contributed by atoms with van der Waals surface area (Å²) >= 11 is 1.63. The van der Waals surface area contributed by atoms with Gasteiger partial charge in [-0.15, -0.1) is 11.3 Å². The minimum absolute atomic E-state index is 0.0361. The lowest BCUT2D eigenvalue weighted by molar-refractivity contribution is 0.0525. The van der Waals surface area contributed by atoms with Crippen LogP contribution in [-0.4, -0.2) is 59.7 Å². The number of amides is 1. The number of ether oxygens (including phenoxy) is 2. The summed E-state index contributed by atoms with van der Waals surface area (Å²) < 4.78 is 10.8. The van der Waals surface area contributed by atoms with Crippen LogP contribution in [0.2, 0.25) is 0 Å². The number of carboxylic acid groups (broad SMARTS) is 1. The van der Waals surface area contributed by atoms with Crippen LogP contribution in [0.15, 0.2) is 34.8 Å². The van der Waals surface area contributed by atoms with Crippen molar-refractivity contribution in [2.24, 2.45) is 10.6 Å².